The lowest BCUT2D eigenvalue weighted by Crippen LogP contribution is -2.46. The van der Waals surface area contributed by atoms with Crippen molar-refractivity contribution in [3.05, 3.63) is 0 Å². The molecule has 1 aliphatic rings. The minimum Gasteiger partial charge on any atom is -0.368 e. The monoisotopic (exact) mass is 188 g/mol. The second-order valence-corrected chi connectivity index (χ2v) is 4.75. The van der Waals surface area contributed by atoms with E-state index in [0.717, 1.165) is 6.42 Å². The van der Waals surface area contributed by atoms with Crippen LogP contribution in [-0.4, -0.2) is 29.0 Å². The molecular weight excluding hydrogens is 172 g/mol. The number of nitrogens with two attached hydrogens (primary N) is 1. The number of thioether (sulfide) groups is 1. The Hall–Kier alpha value is -0.220. The van der Waals surface area contributed by atoms with E-state index in [1.54, 1.807) is 0 Å². The van der Waals surface area contributed by atoms with Gasteiger partial charge in [-0.25, -0.2) is 0 Å². The van der Waals surface area contributed by atoms with Gasteiger partial charge in [0.2, 0.25) is 5.91 Å². The number of primary amides is 1. The fraction of sp³-hybridized carbons (Fsp3) is 0.875. The first-order valence-electron chi connectivity index (χ1n) is 4.28. The van der Waals surface area contributed by atoms with Crippen LogP contribution < -0.4 is 11.1 Å². The van der Waals surface area contributed by atoms with E-state index in [1.807, 2.05) is 18.7 Å². The zero-order chi connectivity index (χ0) is 9.14. The van der Waals surface area contributed by atoms with Gasteiger partial charge in [-0.15, -0.1) is 0 Å². The number of nitrogens with one attached hydrogen (secondary N) is 1. The first-order valence-corrected chi connectivity index (χ1v) is 5.33. The smallest absolute Gasteiger partial charge is 0.234 e. The van der Waals surface area contributed by atoms with Gasteiger partial charge in [0, 0.05) is 11.3 Å². The average Bonchev–Trinajstić information content (AvgIpc) is 2.36. The van der Waals surface area contributed by atoms with Gasteiger partial charge in [-0.3, -0.25) is 4.79 Å². The topological polar surface area (TPSA) is 55.1 Å². The first-order chi connectivity index (χ1) is 5.61. The normalized spacial score (nSPS) is 31.8. The Labute approximate surface area is 77.5 Å². The summed E-state index contributed by atoms with van der Waals surface area (Å²) in [6.45, 7) is 4.00. The molecule has 1 rings (SSSR count). The molecule has 1 fully saturated rings. The standard InChI is InChI=1S/C8H16N2OS/c1-5(8(9)11)10-7-3-4-12-6(7)2/h5-7,10H,3-4H2,1-2H3,(H2,9,11). The van der Waals surface area contributed by atoms with Crippen LogP contribution in [0.3, 0.4) is 0 Å². The van der Waals surface area contributed by atoms with Crippen molar-refractivity contribution in [3.63, 3.8) is 0 Å². The molecule has 1 saturated heterocycles. The summed E-state index contributed by atoms with van der Waals surface area (Å²) in [6, 6.07) is 0.258. The van der Waals surface area contributed by atoms with Crippen molar-refractivity contribution in [3.8, 4) is 0 Å². The van der Waals surface area contributed by atoms with Crippen LogP contribution in [0.25, 0.3) is 0 Å². The highest BCUT2D eigenvalue weighted by Gasteiger charge is 2.25. The Morgan fingerprint density at radius 2 is 2.42 bits per heavy atom. The molecule has 3 N–H and O–H groups in total. The largest absolute Gasteiger partial charge is 0.368 e. The third kappa shape index (κ3) is 2.38. The lowest BCUT2D eigenvalue weighted by molar-refractivity contribution is -0.119. The molecule has 3 atom stereocenters. The van der Waals surface area contributed by atoms with Crippen LogP contribution >= 0.6 is 11.8 Å². The first kappa shape index (κ1) is 9.86. The van der Waals surface area contributed by atoms with Gasteiger partial charge in [-0.1, -0.05) is 6.92 Å². The van der Waals surface area contributed by atoms with Crippen LogP contribution in [0.4, 0.5) is 0 Å². The number of amides is 1. The molecule has 0 aromatic heterocycles. The molecule has 0 spiro atoms. The third-order valence-corrected chi connectivity index (χ3v) is 3.59. The van der Waals surface area contributed by atoms with E-state index in [9.17, 15) is 4.79 Å². The Kier molecular flexibility index (Phi) is 3.40. The molecule has 0 aliphatic carbocycles. The molecular formula is C8H16N2OS. The number of hydrogen-bond donors (Lipinski definition) is 2. The lowest BCUT2D eigenvalue weighted by Gasteiger charge is -2.19. The molecule has 12 heavy (non-hydrogen) atoms. The van der Waals surface area contributed by atoms with Crippen LogP contribution in [0.5, 0.6) is 0 Å². The quantitative estimate of drug-likeness (QED) is 0.671. The van der Waals surface area contributed by atoms with E-state index in [0.29, 0.717) is 11.3 Å². The highest BCUT2D eigenvalue weighted by Crippen LogP contribution is 2.26. The summed E-state index contributed by atoms with van der Waals surface area (Å²) < 4.78 is 0. The molecule has 3 nitrogen and oxygen atoms in total. The fourth-order valence-corrected chi connectivity index (χ4v) is 2.56. The molecule has 1 aliphatic heterocycles. The average molecular weight is 188 g/mol. The van der Waals surface area contributed by atoms with Crippen LogP contribution in [0.1, 0.15) is 20.3 Å². The second kappa shape index (κ2) is 4.14. The minimum atomic E-state index is -0.265. The van der Waals surface area contributed by atoms with Gasteiger partial charge < -0.3 is 11.1 Å². The molecule has 1 heterocycles. The molecule has 3 unspecified atom stereocenters. The van der Waals surface area contributed by atoms with E-state index in [-0.39, 0.29) is 11.9 Å². The van der Waals surface area contributed by atoms with Crippen LogP contribution in [0.15, 0.2) is 0 Å². The van der Waals surface area contributed by atoms with Gasteiger partial charge in [0.15, 0.2) is 0 Å². The molecule has 0 bridgehead atoms. The van der Waals surface area contributed by atoms with Crippen molar-refractivity contribution < 1.29 is 4.79 Å². The maximum Gasteiger partial charge on any atom is 0.234 e. The highest BCUT2D eigenvalue weighted by atomic mass is 32.2. The highest BCUT2D eigenvalue weighted by molar-refractivity contribution is 8.00. The molecule has 4 heteroatoms. The zero-order valence-corrected chi connectivity index (χ0v) is 8.36. The number of carbonyl (C=O) groups is 1. The van der Waals surface area contributed by atoms with Crippen molar-refractivity contribution in [1.82, 2.24) is 5.32 Å². The number of carbonyl (C=O) groups excluding carboxylic acids is 1. The Morgan fingerprint density at radius 1 is 1.75 bits per heavy atom. The van der Waals surface area contributed by atoms with Crippen molar-refractivity contribution in [2.75, 3.05) is 5.75 Å². The third-order valence-electron chi connectivity index (χ3n) is 2.27. The molecule has 0 radical (unpaired) electrons. The van der Waals surface area contributed by atoms with E-state index < -0.39 is 0 Å². The summed E-state index contributed by atoms with van der Waals surface area (Å²) in [7, 11) is 0. The van der Waals surface area contributed by atoms with E-state index in [4.69, 9.17) is 5.73 Å². The SMILES string of the molecule is CC(NC1CCSC1C)C(N)=O. The Bertz CT molecular complexity index is 174. The Morgan fingerprint density at radius 3 is 2.83 bits per heavy atom. The lowest BCUT2D eigenvalue weighted by atomic mass is 10.1. The van der Waals surface area contributed by atoms with Crippen LogP contribution in [-0.2, 0) is 4.79 Å². The summed E-state index contributed by atoms with van der Waals surface area (Å²) >= 11 is 1.94. The van der Waals surface area contributed by atoms with Crippen molar-refractivity contribution in [2.24, 2.45) is 5.73 Å². The van der Waals surface area contributed by atoms with Gasteiger partial charge in [0.05, 0.1) is 6.04 Å². The summed E-state index contributed by atoms with van der Waals surface area (Å²) in [4.78, 5) is 10.7. The summed E-state index contributed by atoms with van der Waals surface area (Å²) in [5.41, 5.74) is 5.15. The summed E-state index contributed by atoms with van der Waals surface area (Å²) in [5.74, 6) is 0.920. The van der Waals surface area contributed by atoms with Gasteiger partial charge in [-0.2, -0.15) is 11.8 Å². The molecule has 0 saturated carbocycles. The van der Waals surface area contributed by atoms with Crippen LogP contribution in [0, 0.1) is 0 Å². The van der Waals surface area contributed by atoms with Gasteiger partial charge >= 0.3 is 0 Å². The van der Waals surface area contributed by atoms with E-state index >= 15 is 0 Å². The molecule has 0 aromatic rings. The maximum absolute atomic E-state index is 10.7. The molecule has 1 amide bonds. The number of rotatable bonds is 3. The maximum atomic E-state index is 10.7. The fourth-order valence-electron chi connectivity index (χ4n) is 1.35. The van der Waals surface area contributed by atoms with Gasteiger partial charge in [-0.05, 0) is 19.1 Å². The summed E-state index contributed by atoms with van der Waals surface area (Å²) in [5, 5.41) is 3.84. The predicted molar refractivity (Wildman–Crippen MR) is 52.1 cm³/mol. The molecule has 0 aromatic carbocycles. The second-order valence-electron chi connectivity index (χ2n) is 3.26. The van der Waals surface area contributed by atoms with Crippen molar-refractivity contribution in [1.29, 1.82) is 0 Å². The molecule has 70 valence electrons. The van der Waals surface area contributed by atoms with E-state index in [2.05, 4.69) is 12.2 Å². The van der Waals surface area contributed by atoms with Gasteiger partial charge in [0.25, 0.3) is 0 Å². The Balaban J connectivity index is 2.35. The number of hydrogen-bond acceptors (Lipinski definition) is 3. The zero-order valence-electron chi connectivity index (χ0n) is 7.54. The van der Waals surface area contributed by atoms with Crippen molar-refractivity contribution >= 4 is 17.7 Å². The van der Waals surface area contributed by atoms with Crippen LogP contribution in [0.2, 0.25) is 0 Å². The van der Waals surface area contributed by atoms with Crippen molar-refractivity contribution in [2.45, 2.75) is 37.6 Å². The van der Waals surface area contributed by atoms with E-state index in [1.165, 1.54) is 5.75 Å². The summed E-state index contributed by atoms with van der Waals surface area (Å²) in [6.07, 6.45) is 1.14. The van der Waals surface area contributed by atoms with Gasteiger partial charge in [0.1, 0.15) is 0 Å². The minimum absolute atomic E-state index is 0.198. The predicted octanol–water partition coefficient (Wildman–Crippen LogP) is 0.344.